The number of hydrogen-bond acceptors (Lipinski definition) is 3. The number of nitrogens with zero attached hydrogens (tertiary/aromatic N) is 1. The average molecular weight is 229 g/mol. The molecule has 2 unspecified atom stereocenters. The summed E-state index contributed by atoms with van der Waals surface area (Å²) in [6, 6.07) is 0.497. The predicted octanol–water partition coefficient (Wildman–Crippen LogP) is 1.60. The van der Waals surface area contributed by atoms with Crippen LogP contribution in [0.4, 0.5) is 0 Å². The molecule has 1 aliphatic heterocycles. The Labute approximate surface area is 97.6 Å². The summed E-state index contributed by atoms with van der Waals surface area (Å²) in [5, 5.41) is 8.79. The molecule has 0 saturated carbocycles. The lowest BCUT2D eigenvalue weighted by molar-refractivity contribution is -0.138. The van der Waals surface area contributed by atoms with Gasteiger partial charge in [0.2, 0.25) is 0 Å². The first kappa shape index (κ1) is 13.5. The van der Waals surface area contributed by atoms with Gasteiger partial charge in [0.25, 0.3) is 0 Å². The lowest BCUT2D eigenvalue weighted by atomic mass is 9.93. The molecule has 1 N–H and O–H groups in total. The molecular weight excluding hydrogens is 206 g/mol. The van der Waals surface area contributed by atoms with Gasteiger partial charge in [-0.3, -0.25) is 4.79 Å². The van der Waals surface area contributed by atoms with Crippen LogP contribution in [0.3, 0.4) is 0 Å². The molecule has 16 heavy (non-hydrogen) atoms. The van der Waals surface area contributed by atoms with Gasteiger partial charge in [-0.15, -0.1) is 0 Å². The van der Waals surface area contributed by atoms with Crippen molar-refractivity contribution in [3.05, 3.63) is 0 Å². The van der Waals surface area contributed by atoms with Crippen LogP contribution in [0.15, 0.2) is 0 Å². The lowest BCUT2D eigenvalue weighted by Gasteiger charge is -2.36. The Hall–Kier alpha value is -0.610. The molecule has 0 radical (unpaired) electrons. The average Bonchev–Trinajstić information content (AvgIpc) is 2.25. The summed E-state index contributed by atoms with van der Waals surface area (Å²) in [7, 11) is 1.72. The summed E-state index contributed by atoms with van der Waals surface area (Å²) < 4.78 is 5.07. The van der Waals surface area contributed by atoms with Crippen LogP contribution in [0.2, 0.25) is 0 Å². The molecule has 0 bridgehead atoms. The number of likely N-dealkylation sites (tertiary alicyclic amines) is 1. The lowest BCUT2D eigenvalue weighted by Crippen LogP contribution is -2.42. The van der Waals surface area contributed by atoms with Crippen molar-refractivity contribution in [1.82, 2.24) is 4.90 Å². The Morgan fingerprint density at radius 2 is 2.38 bits per heavy atom. The number of carboxylic acid groups (broad SMARTS) is 1. The van der Waals surface area contributed by atoms with Crippen molar-refractivity contribution in [2.24, 2.45) is 5.92 Å². The van der Waals surface area contributed by atoms with Crippen LogP contribution < -0.4 is 0 Å². The second-order valence-electron chi connectivity index (χ2n) is 4.73. The quantitative estimate of drug-likeness (QED) is 0.751. The first-order valence-electron chi connectivity index (χ1n) is 6.08. The molecule has 0 amide bonds. The minimum Gasteiger partial charge on any atom is -0.481 e. The third-order valence-electron chi connectivity index (χ3n) is 3.38. The SMILES string of the molecule is COCCC(C)N1CCCC(CC(=O)O)C1. The first-order chi connectivity index (χ1) is 7.63. The molecular formula is C12H23NO3. The summed E-state index contributed by atoms with van der Waals surface area (Å²) in [6.45, 7) is 5.00. The fraction of sp³-hybridized carbons (Fsp3) is 0.917. The maximum absolute atomic E-state index is 10.7. The molecule has 1 rings (SSSR count). The Kier molecular flexibility index (Phi) is 5.77. The number of hydrogen-bond donors (Lipinski definition) is 1. The van der Waals surface area contributed by atoms with Gasteiger partial charge in [-0.2, -0.15) is 0 Å². The van der Waals surface area contributed by atoms with Gasteiger partial charge in [-0.25, -0.2) is 0 Å². The number of carboxylic acids is 1. The van der Waals surface area contributed by atoms with Crippen molar-refractivity contribution in [3.8, 4) is 0 Å². The number of rotatable bonds is 6. The molecule has 94 valence electrons. The second-order valence-corrected chi connectivity index (χ2v) is 4.73. The monoisotopic (exact) mass is 229 g/mol. The highest BCUT2D eigenvalue weighted by atomic mass is 16.5. The molecule has 0 aromatic rings. The number of aliphatic carboxylic acids is 1. The Balaban J connectivity index is 2.34. The largest absolute Gasteiger partial charge is 0.481 e. The number of piperidine rings is 1. The molecule has 1 aliphatic rings. The number of methoxy groups -OCH3 is 1. The standard InChI is InChI=1S/C12H23NO3/c1-10(5-7-16-2)13-6-3-4-11(9-13)8-12(14)15/h10-11H,3-9H2,1-2H3,(H,14,15). The summed E-state index contributed by atoms with van der Waals surface area (Å²) in [6.07, 6.45) is 3.51. The highest BCUT2D eigenvalue weighted by Gasteiger charge is 2.24. The predicted molar refractivity (Wildman–Crippen MR) is 62.5 cm³/mol. The number of ether oxygens (including phenoxy) is 1. The summed E-state index contributed by atoms with van der Waals surface area (Å²) in [4.78, 5) is 13.1. The Bertz CT molecular complexity index is 220. The van der Waals surface area contributed by atoms with E-state index in [1.54, 1.807) is 7.11 Å². The van der Waals surface area contributed by atoms with Gasteiger partial charge < -0.3 is 14.7 Å². The molecule has 0 spiro atoms. The highest BCUT2D eigenvalue weighted by molar-refractivity contribution is 5.67. The van der Waals surface area contributed by atoms with E-state index in [9.17, 15) is 4.79 Å². The molecule has 1 heterocycles. The van der Waals surface area contributed by atoms with Crippen LogP contribution >= 0.6 is 0 Å². The zero-order chi connectivity index (χ0) is 12.0. The molecule has 0 aromatic carbocycles. The smallest absolute Gasteiger partial charge is 0.303 e. The second kappa shape index (κ2) is 6.86. The van der Waals surface area contributed by atoms with Crippen LogP contribution in [-0.4, -0.2) is 48.8 Å². The molecule has 4 heteroatoms. The fourth-order valence-corrected chi connectivity index (χ4v) is 2.38. The molecule has 2 atom stereocenters. The topological polar surface area (TPSA) is 49.8 Å². The molecule has 0 aromatic heterocycles. The van der Waals surface area contributed by atoms with E-state index in [1.165, 1.54) is 0 Å². The van der Waals surface area contributed by atoms with Crippen LogP contribution in [0.5, 0.6) is 0 Å². The molecule has 0 aliphatic carbocycles. The normalized spacial score (nSPS) is 24.2. The van der Waals surface area contributed by atoms with E-state index >= 15 is 0 Å². The van der Waals surface area contributed by atoms with Gasteiger partial charge in [-0.05, 0) is 38.6 Å². The van der Waals surface area contributed by atoms with E-state index in [-0.39, 0.29) is 0 Å². The van der Waals surface area contributed by atoms with Crippen molar-refractivity contribution in [1.29, 1.82) is 0 Å². The zero-order valence-corrected chi connectivity index (χ0v) is 10.3. The van der Waals surface area contributed by atoms with E-state index in [0.717, 1.165) is 39.0 Å². The van der Waals surface area contributed by atoms with E-state index in [2.05, 4.69) is 11.8 Å². The maximum atomic E-state index is 10.7. The minimum absolute atomic E-state index is 0.313. The van der Waals surface area contributed by atoms with Crippen molar-refractivity contribution in [3.63, 3.8) is 0 Å². The van der Waals surface area contributed by atoms with Gasteiger partial charge in [-0.1, -0.05) is 0 Å². The van der Waals surface area contributed by atoms with E-state index in [0.29, 0.717) is 18.4 Å². The fourth-order valence-electron chi connectivity index (χ4n) is 2.38. The van der Waals surface area contributed by atoms with Crippen LogP contribution in [-0.2, 0) is 9.53 Å². The zero-order valence-electron chi connectivity index (χ0n) is 10.3. The molecule has 1 saturated heterocycles. The van der Waals surface area contributed by atoms with Crippen molar-refractivity contribution < 1.29 is 14.6 Å². The summed E-state index contributed by atoms with van der Waals surface area (Å²) in [5.74, 6) is -0.340. The van der Waals surface area contributed by atoms with E-state index in [4.69, 9.17) is 9.84 Å². The highest BCUT2D eigenvalue weighted by Crippen LogP contribution is 2.22. The summed E-state index contributed by atoms with van der Waals surface area (Å²) in [5.41, 5.74) is 0. The third kappa shape index (κ3) is 4.49. The Morgan fingerprint density at radius 3 is 3.00 bits per heavy atom. The van der Waals surface area contributed by atoms with Gasteiger partial charge in [0.15, 0.2) is 0 Å². The first-order valence-corrected chi connectivity index (χ1v) is 6.08. The van der Waals surface area contributed by atoms with Crippen LogP contribution in [0.25, 0.3) is 0 Å². The van der Waals surface area contributed by atoms with Gasteiger partial charge >= 0.3 is 5.97 Å². The van der Waals surface area contributed by atoms with Crippen molar-refractivity contribution in [2.45, 2.75) is 38.6 Å². The van der Waals surface area contributed by atoms with Gasteiger partial charge in [0.05, 0.1) is 0 Å². The van der Waals surface area contributed by atoms with Crippen molar-refractivity contribution >= 4 is 5.97 Å². The van der Waals surface area contributed by atoms with Crippen LogP contribution in [0.1, 0.15) is 32.6 Å². The van der Waals surface area contributed by atoms with Gasteiger partial charge in [0.1, 0.15) is 0 Å². The third-order valence-corrected chi connectivity index (χ3v) is 3.38. The molecule has 4 nitrogen and oxygen atoms in total. The van der Waals surface area contributed by atoms with Crippen molar-refractivity contribution in [2.75, 3.05) is 26.8 Å². The van der Waals surface area contributed by atoms with Gasteiger partial charge in [0, 0.05) is 32.7 Å². The minimum atomic E-state index is -0.670. The van der Waals surface area contributed by atoms with E-state index < -0.39 is 5.97 Å². The van der Waals surface area contributed by atoms with Crippen LogP contribution in [0, 0.1) is 5.92 Å². The Morgan fingerprint density at radius 1 is 1.62 bits per heavy atom. The molecule has 1 fully saturated rings. The number of carbonyl (C=O) groups is 1. The van der Waals surface area contributed by atoms with E-state index in [1.807, 2.05) is 0 Å². The summed E-state index contributed by atoms with van der Waals surface area (Å²) >= 11 is 0. The maximum Gasteiger partial charge on any atom is 0.303 e.